The molecule has 2 heteroatoms. The summed E-state index contributed by atoms with van der Waals surface area (Å²) >= 11 is 2.33. The molecule has 0 unspecified atom stereocenters. The van der Waals surface area contributed by atoms with Crippen LogP contribution in [-0.4, -0.2) is 0 Å². The summed E-state index contributed by atoms with van der Waals surface area (Å²) in [6, 6.07) is 17.6. The van der Waals surface area contributed by atoms with E-state index in [-0.39, 0.29) is 0 Å². The van der Waals surface area contributed by atoms with Gasteiger partial charge in [-0.15, -0.1) is 0 Å². The van der Waals surface area contributed by atoms with Crippen molar-refractivity contribution in [3.05, 3.63) is 68.8 Å². The molecule has 0 aliphatic carbocycles. The maximum absolute atomic E-state index is 3.57. The molecular weight excluding hydrogens is 333 g/mol. The summed E-state index contributed by atoms with van der Waals surface area (Å²) in [4.78, 5) is 0. The molecule has 2 aromatic rings. The van der Waals surface area contributed by atoms with Crippen molar-refractivity contribution in [3.8, 4) is 0 Å². The van der Waals surface area contributed by atoms with Gasteiger partial charge < -0.3 is 5.32 Å². The lowest BCUT2D eigenvalue weighted by atomic mass is 10.0. The summed E-state index contributed by atoms with van der Waals surface area (Å²) in [5, 5.41) is 3.57. The Balaban J connectivity index is 1.98. The molecule has 0 fully saturated rings. The van der Waals surface area contributed by atoms with E-state index in [4.69, 9.17) is 0 Å². The minimum Gasteiger partial charge on any atom is -0.306 e. The third-order valence-electron chi connectivity index (χ3n) is 3.18. The van der Waals surface area contributed by atoms with E-state index in [0.29, 0.717) is 6.04 Å². The van der Waals surface area contributed by atoms with Crippen molar-refractivity contribution in [1.82, 2.24) is 5.32 Å². The highest BCUT2D eigenvalue weighted by Gasteiger charge is 2.06. The van der Waals surface area contributed by atoms with Gasteiger partial charge in [-0.2, -0.15) is 0 Å². The minimum atomic E-state index is 0.380. The Bertz CT molecular complexity index is 505. The first kappa shape index (κ1) is 13.6. The highest BCUT2D eigenvalue weighted by molar-refractivity contribution is 14.1. The Labute approximate surface area is 123 Å². The zero-order valence-electron chi connectivity index (χ0n) is 10.8. The van der Waals surface area contributed by atoms with Crippen molar-refractivity contribution in [1.29, 1.82) is 0 Å². The standard InChI is InChI=1S/C16H18IN/c1-12-5-3-4-6-16(12)13(2)18-11-14-7-9-15(17)10-8-14/h3-10,13,18H,11H2,1-2H3/t13-/m0/s1. The molecule has 2 rings (SSSR count). The van der Waals surface area contributed by atoms with Crippen LogP contribution < -0.4 is 5.32 Å². The molecule has 0 bridgehead atoms. The molecule has 0 aliphatic rings. The van der Waals surface area contributed by atoms with E-state index < -0.39 is 0 Å². The van der Waals surface area contributed by atoms with Gasteiger partial charge in [-0.25, -0.2) is 0 Å². The van der Waals surface area contributed by atoms with Gasteiger partial charge in [0.25, 0.3) is 0 Å². The smallest absolute Gasteiger partial charge is 0.0297 e. The summed E-state index contributed by atoms with van der Waals surface area (Å²) in [6.45, 7) is 5.29. The quantitative estimate of drug-likeness (QED) is 0.803. The third kappa shape index (κ3) is 3.56. The van der Waals surface area contributed by atoms with Gasteiger partial charge in [0, 0.05) is 16.2 Å². The van der Waals surface area contributed by atoms with E-state index in [9.17, 15) is 0 Å². The van der Waals surface area contributed by atoms with Crippen LogP contribution in [-0.2, 0) is 6.54 Å². The molecule has 1 nitrogen and oxygen atoms in total. The third-order valence-corrected chi connectivity index (χ3v) is 3.90. The Kier molecular flexibility index (Phi) is 4.78. The zero-order valence-corrected chi connectivity index (χ0v) is 12.9. The Morgan fingerprint density at radius 2 is 1.72 bits per heavy atom. The van der Waals surface area contributed by atoms with Gasteiger partial charge in [0.1, 0.15) is 0 Å². The lowest BCUT2D eigenvalue weighted by molar-refractivity contribution is 0.572. The molecule has 0 aliphatic heterocycles. The first-order chi connectivity index (χ1) is 8.66. The van der Waals surface area contributed by atoms with E-state index in [0.717, 1.165) is 6.54 Å². The first-order valence-electron chi connectivity index (χ1n) is 6.20. The van der Waals surface area contributed by atoms with Gasteiger partial charge in [-0.1, -0.05) is 36.4 Å². The Morgan fingerprint density at radius 3 is 2.39 bits per heavy atom. The van der Waals surface area contributed by atoms with Gasteiger partial charge in [0.15, 0.2) is 0 Å². The molecule has 0 saturated carbocycles. The van der Waals surface area contributed by atoms with Crippen LogP contribution in [0.2, 0.25) is 0 Å². The first-order valence-corrected chi connectivity index (χ1v) is 7.28. The van der Waals surface area contributed by atoms with E-state index in [1.54, 1.807) is 0 Å². The number of benzene rings is 2. The summed E-state index contributed by atoms with van der Waals surface area (Å²) in [6.07, 6.45) is 0. The van der Waals surface area contributed by atoms with Crippen LogP contribution in [0.5, 0.6) is 0 Å². The average molecular weight is 351 g/mol. The topological polar surface area (TPSA) is 12.0 Å². The van der Waals surface area contributed by atoms with Gasteiger partial charge in [0.2, 0.25) is 0 Å². The number of rotatable bonds is 4. The molecular formula is C16H18IN. The second kappa shape index (κ2) is 6.34. The lowest BCUT2D eigenvalue weighted by Gasteiger charge is -2.16. The summed E-state index contributed by atoms with van der Waals surface area (Å²) in [5.74, 6) is 0. The van der Waals surface area contributed by atoms with Crippen molar-refractivity contribution >= 4 is 22.6 Å². The van der Waals surface area contributed by atoms with Crippen LogP contribution in [0.15, 0.2) is 48.5 Å². The number of aryl methyl sites for hydroxylation is 1. The van der Waals surface area contributed by atoms with Gasteiger partial charge >= 0.3 is 0 Å². The molecule has 1 atom stereocenters. The number of hydrogen-bond donors (Lipinski definition) is 1. The molecule has 0 radical (unpaired) electrons. The molecule has 0 spiro atoms. The molecule has 94 valence electrons. The van der Waals surface area contributed by atoms with E-state index in [2.05, 4.69) is 90.3 Å². The molecule has 2 aromatic carbocycles. The molecule has 0 aromatic heterocycles. The van der Waals surface area contributed by atoms with Gasteiger partial charge in [0.05, 0.1) is 0 Å². The molecule has 1 N–H and O–H groups in total. The van der Waals surface area contributed by atoms with Crippen LogP contribution in [0.4, 0.5) is 0 Å². The van der Waals surface area contributed by atoms with Gasteiger partial charge in [-0.05, 0) is 65.3 Å². The molecule has 0 saturated heterocycles. The Hall–Kier alpha value is -0.870. The van der Waals surface area contributed by atoms with Crippen molar-refractivity contribution in [2.75, 3.05) is 0 Å². The molecule has 0 amide bonds. The summed E-state index contributed by atoms with van der Waals surface area (Å²) < 4.78 is 1.28. The molecule has 18 heavy (non-hydrogen) atoms. The lowest BCUT2D eigenvalue weighted by Crippen LogP contribution is -2.18. The second-order valence-corrected chi connectivity index (χ2v) is 5.83. The van der Waals surface area contributed by atoms with E-state index in [1.807, 2.05) is 0 Å². The fourth-order valence-electron chi connectivity index (χ4n) is 2.06. The average Bonchev–Trinajstić information content (AvgIpc) is 2.38. The van der Waals surface area contributed by atoms with E-state index in [1.165, 1.54) is 20.3 Å². The maximum atomic E-state index is 3.57. The monoisotopic (exact) mass is 351 g/mol. The van der Waals surface area contributed by atoms with Crippen molar-refractivity contribution in [2.45, 2.75) is 26.4 Å². The highest BCUT2D eigenvalue weighted by Crippen LogP contribution is 2.17. The SMILES string of the molecule is Cc1ccccc1[C@H](C)NCc1ccc(I)cc1. The van der Waals surface area contributed by atoms with Crippen LogP contribution in [0.3, 0.4) is 0 Å². The molecule has 0 heterocycles. The van der Waals surface area contributed by atoms with Crippen molar-refractivity contribution in [3.63, 3.8) is 0 Å². The van der Waals surface area contributed by atoms with Crippen LogP contribution in [0.25, 0.3) is 0 Å². The summed E-state index contributed by atoms with van der Waals surface area (Å²) in [5.41, 5.74) is 4.05. The number of halogens is 1. The highest BCUT2D eigenvalue weighted by atomic mass is 127. The van der Waals surface area contributed by atoms with Crippen molar-refractivity contribution in [2.24, 2.45) is 0 Å². The van der Waals surface area contributed by atoms with Crippen LogP contribution in [0.1, 0.15) is 29.7 Å². The normalized spacial score (nSPS) is 12.4. The predicted octanol–water partition coefficient (Wildman–Crippen LogP) is 4.45. The minimum absolute atomic E-state index is 0.380. The van der Waals surface area contributed by atoms with E-state index >= 15 is 0 Å². The fourth-order valence-corrected chi connectivity index (χ4v) is 2.42. The zero-order chi connectivity index (χ0) is 13.0. The van der Waals surface area contributed by atoms with Crippen LogP contribution in [0, 0.1) is 10.5 Å². The number of hydrogen-bond acceptors (Lipinski definition) is 1. The van der Waals surface area contributed by atoms with Crippen LogP contribution >= 0.6 is 22.6 Å². The van der Waals surface area contributed by atoms with Crippen molar-refractivity contribution < 1.29 is 0 Å². The maximum Gasteiger partial charge on any atom is 0.0297 e. The summed E-state index contributed by atoms with van der Waals surface area (Å²) in [7, 11) is 0. The fraction of sp³-hybridized carbons (Fsp3) is 0.250. The number of nitrogens with one attached hydrogen (secondary N) is 1. The Morgan fingerprint density at radius 1 is 1.06 bits per heavy atom. The van der Waals surface area contributed by atoms with Gasteiger partial charge in [-0.3, -0.25) is 0 Å². The second-order valence-electron chi connectivity index (χ2n) is 4.59. The predicted molar refractivity (Wildman–Crippen MR) is 85.6 cm³/mol. The largest absolute Gasteiger partial charge is 0.306 e.